The second kappa shape index (κ2) is 5.11. The third-order valence-corrected chi connectivity index (χ3v) is 3.22. The quantitative estimate of drug-likeness (QED) is 0.753. The minimum absolute atomic E-state index is 0.835. The van der Waals surface area contributed by atoms with E-state index in [1.54, 1.807) is 0 Å². The van der Waals surface area contributed by atoms with Crippen molar-refractivity contribution in [1.82, 2.24) is 4.98 Å². The Bertz CT molecular complexity index is 704. The lowest BCUT2D eigenvalue weighted by Crippen LogP contribution is -1.99. The van der Waals surface area contributed by atoms with E-state index >= 15 is 0 Å². The van der Waals surface area contributed by atoms with Gasteiger partial charge >= 0.3 is 0 Å². The number of rotatable bonds is 3. The predicted molar refractivity (Wildman–Crippen MR) is 80.2 cm³/mol. The van der Waals surface area contributed by atoms with Crippen LogP contribution in [0.2, 0.25) is 0 Å². The first-order chi connectivity index (χ1) is 9.31. The Morgan fingerprint density at radius 3 is 2.84 bits per heavy atom. The Morgan fingerprint density at radius 1 is 1.00 bits per heavy atom. The van der Waals surface area contributed by atoms with E-state index in [2.05, 4.69) is 59.7 Å². The Kier molecular flexibility index (Phi) is 3.15. The van der Waals surface area contributed by atoms with Gasteiger partial charge < -0.3 is 5.32 Å². The topological polar surface area (TPSA) is 24.9 Å². The van der Waals surface area contributed by atoms with Gasteiger partial charge in [-0.3, -0.25) is 4.98 Å². The summed E-state index contributed by atoms with van der Waals surface area (Å²) in [6, 6.07) is 17.0. The van der Waals surface area contributed by atoms with Gasteiger partial charge in [0.05, 0.1) is 0 Å². The fraction of sp³-hybridized carbons (Fsp3) is 0.118. The van der Waals surface area contributed by atoms with Gasteiger partial charge in [-0.15, -0.1) is 0 Å². The summed E-state index contributed by atoms with van der Waals surface area (Å²) in [4.78, 5) is 4.13. The number of nitrogens with one attached hydrogen (secondary N) is 1. The molecule has 94 valence electrons. The van der Waals surface area contributed by atoms with Crippen molar-refractivity contribution in [2.45, 2.75) is 13.5 Å². The molecule has 0 fully saturated rings. The van der Waals surface area contributed by atoms with E-state index in [1.807, 2.05) is 18.5 Å². The molecule has 0 aliphatic carbocycles. The molecule has 2 heteroatoms. The number of aromatic nitrogens is 1. The molecule has 0 aliphatic rings. The van der Waals surface area contributed by atoms with Crippen LogP contribution in [0.4, 0.5) is 5.69 Å². The maximum atomic E-state index is 4.13. The third kappa shape index (κ3) is 2.74. The van der Waals surface area contributed by atoms with E-state index in [0.717, 1.165) is 12.2 Å². The van der Waals surface area contributed by atoms with Gasteiger partial charge in [0.2, 0.25) is 0 Å². The zero-order valence-corrected chi connectivity index (χ0v) is 10.9. The second-order valence-corrected chi connectivity index (χ2v) is 4.78. The van der Waals surface area contributed by atoms with Gasteiger partial charge in [-0.05, 0) is 47.7 Å². The average Bonchev–Trinajstić information content (AvgIpc) is 2.45. The van der Waals surface area contributed by atoms with E-state index in [1.165, 1.54) is 21.9 Å². The molecule has 0 saturated carbocycles. The largest absolute Gasteiger partial charge is 0.381 e. The highest BCUT2D eigenvalue weighted by Gasteiger charge is 1.97. The Morgan fingerprint density at radius 2 is 1.95 bits per heavy atom. The number of aryl methyl sites for hydroxylation is 1. The van der Waals surface area contributed by atoms with Gasteiger partial charge in [0.1, 0.15) is 0 Å². The van der Waals surface area contributed by atoms with Gasteiger partial charge in [0, 0.05) is 30.0 Å². The van der Waals surface area contributed by atoms with Crippen LogP contribution in [-0.4, -0.2) is 4.98 Å². The molecule has 0 saturated heterocycles. The number of benzene rings is 2. The zero-order valence-electron chi connectivity index (χ0n) is 10.9. The van der Waals surface area contributed by atoms with E-state index in [0.29, 0.717) is 0 Å². The molecule has 0 spiro atoms. The summed E-state index contributed by atoms with van der Waals surface area (Å²) >= 11 is 0. The Balaban J connectivity index is 1.78. The van der Waals surface area contributed by atoms with Crippen LogP contribution in [0, 0.1) is 6.92 Å². The number of nitrogens with zero attached hydrogens (tertiary/aromatic N) is 1. The molecule has 3 rings (SSSR count). The lowest BCUT2D eigenvalue weighted by atomic mass is 10.1. The molecule has 19 heavy (non-hydrogen) atoms. The molecule has 1 aromatic heterocycles. The first-order valence-corrected chi connectivity index (χ1v) is 6.44. The smallest absolute Gasteiger partial charge is 0.0401 e. The summed E-state index contributed by atoms with van der Waals surface area (Å²) in [7, 11) is 0. The van der Waals surface area contributed by atoms with Gasteiger partial charge in [-0.1, -0.05) is 24.3 Å². The maximum Gasteiger partial charge on any atom is 0.0401 e. The van der Waals surface area contributed by atoms with E-state index < -0.39 is 0 Å². The maximum absolute atomic E-state index is 4.13. The molecular weight excluding hydrogens is 232 g/mol. The highest BCUT2D eigenvalue weighted by Crippen LogP contribution is 2.16. The van der Waals surface area contributed by atoms with Crippen LogP contribution < -0.4 is 5.32 Å². The van der Waals surface area contributed by atoms with Crippen LogP contribution in [0.25, 0.3) is 10.8 Å². The number of pyridine rings is 1. The highest BCUT2D eigenvalue weighted by molar-refractivity contribution is 5.82. The molecular formula is C17H16N2. The van der Waals surface area contributed by atoms with Crippen molar-refractivity contribution >= 4 is 16.5 Å². The van der Waals surface area contributed by atoms with Crippen LogP contribution in [0.3, 0.4) is 0 Å². The number of fused-ring (bicyclic) bond motifs is 1. The zero-order chi connectivity index (χ0) is 13.1. The predicted octanol–water partition coefficient (Wildman–Crippen LogP) is 4.16. The second-order valence-electron chi connectivity index (χ2n) is 4.78. The monoisotopic (exact) mass is 248 g/mol. The van der Waals surface area contributed by atoms with Crippen molar-refractivity contribution in [2.24, 2.45) is 0 Å². The van der Waals surface area contributed by atoms with Crippen LogP contribution >= 0.6 is 0 Å². The molecule has 1 heterocycles. The van der Waals surface area contributed by atoms with Crippen LogP contribution in [-0.2, 0) is 6.54 Å². The van der Waals surface area contributed by atoms with Crippen LogP contribution in [0.5, 0.6) is 0 Å². The van der Waals surface area contributed by atoms with E-state index in [9.17, 15) is 0 Å². The molecule has 1 N–H and O–H groups in total. The van der Waals surface area contributed by atoms with Crippen molar-refractivity contribution in [1.29, 1.82) is 0 Å². The molecule has 2 nitrogen and oxygen atoms in total. The molecule has 0 amide bonds. The average molecular weight is 248 g/mol. The molecule has 0 bridgehead atoms. The number of anilines is 1. The summed E-state index contributed by atoms with van der Waals surface area (Å²) in [5, 5.41) is 5.87. The first kappa shape index (κ1) is 11.7. The lowest BCUT2D eigenvalue weighted by Gasteiger charge is -2.08. The minimum Gasteiger partial charge on any atom is -0.381 e. The summed E-state index contributed by atoms with van der Waals surface area (Å²) in [6.45, 7) is 2.94. The molecule has 0 atom stereocenters. The SMILES string of the molecule is Cc1cccc(NCc2ccc3cnccc3c2)c1. The van der Waals surface area contributed by atoms with Gasteiger partial charge in [0.25, 0.3) is 0 Å². The molecule has 0 radical (unpaired) electrons. The summed E-state index contributed by atoms with van der Waals surface area (Å²) < 4.78 is 0. The Labute approximate surface area is 113 Å². The summed E-state index contributed by atoms with van der Waals surface area (Å²) in [6.07, 6.45) is 3.73. The Hall–Kier alpha value is -2.35. The number of hydrogen-bond acceptors (Lipinski definition) is 2. The normalized spacial score (nSPS) is 10.6. The molecule has 3 aromatic rings. The van der Waals surface area contributed by atoms with Crippen molar-refractivity contribution in [3.8, 4) is 0 Å². The minimum atomic E-state index is 0.835. The molecule has 0 unspecified atom stereocenters. The number of hydrogen-bond donors (Lipinski definition) is 1. The first-order valence-electron chi connectivity index (χ1n) is 6.44. The lowest BCUT2D eigenvalue weighted by molar-refractivity contribution is 1.15. The van der Waals surface area contributed by atoms with Crippen molar-refractivity contribution in [2.75, 3.05) is 5.32 Å². The fourth-order valence-corrected chi connectivity index (χ4v) is 2.20. The van der Waals surface area contributed by atoms with Crippen molar-refractivity contribution in [3.05, 3.63) is 72.1 Å². The van der Waals surface area contributed by atoms with E-state index in [-0.39, 0.29) is 0 Å². The fourth-order valence-electron chi connectivity index (χ4n) is 2.20. The molecule has 0 aliphatic heterocycles. The van der Waals surface area contributed by atoms with Gasteiger partial charge in [-0.2, -0.15) is 0 Å². The van der Waals surface area contributed by atoms with Gasteiger partial charge in [-0.25, -0.2) is 0 Å². The summed E-state index contributed by atoms with van der Waals surface area (Å²) in [5.41, 5.74) is 3.71. The summed E-state index contributed by atoms with van der Waals surface area (Å²) in [5.74, 6) is 0. The highest BCUT2D eigenvalue weighted by atomic mass is 14.9. The third-order valence-electron chi connectivity index (χ3n) is 3.22. The standard InChI is InChI=1S/C17H16N2/c1-13-3-2-4-17(9-13)19-11-14-5-6-16-12-18-8-7-15(16)10-14/h2-10,12,19H,11H2,1H3. The van der Waals surface area contributed by atoms with Crippen molar-refractivity contribution in [3.63, 3.8) is 0 Å². The molecule has 2 aromatic carbocycles. The van der Waals surface area contributed by atoms with Crippen LogP contribution in [0.1, 0.15) is 11.1 Å². The van der Waals surface area contributed by atoms with E-state index in [4.69, 9.17) is 0 Å². The van der Waals surface area contributed by atoms with Gasteiger partial charge in [0.15, 0.2) is 0 Å². The van der Waals surface area contributed by atoms with Crippen LogP contribution in [0.15, 0.2) is 60.9 Å². The van der Waals surface area contributed by atoms with Crippen molar-refractivity contribution < 1.29 is 0 Å².